The number of aromatic nitrogens is 1. The molecule has 3 N–H and O–H groups in total. The van der Waals surface area contributed by atoms with Gasteiger partial charge < -0.3 is 20.7 Å². The van der Waals surface area contributed by atoms with Gasteiger partial charge >= 0.3 is 6.09 Å². The number of hydrogen-bond donors (Lipinski definition) is 3. The van der Waals surface area contributed by atoms with Crippen molar-refractivity contribution in [3.8, 4) is 0 Å². The Balaban J connectivity index is 2.55. The summed E-state index contributed by atoms with van der Waals surface area (Å²) in [6.45, 7) is 11.0. The summed E-state index contributed by atoms with van der Waals surface area (Å²) >= 11 is 0. The van der Waals surface area contributed by atoms with Crippen LogP contribution in [0, 0.1) is 0 Å². The third kappa shape index (κ3) is 8.75. The van der Waals surface area contributed by atoms with E-state index in [4.69, 9.17) is 4.74 Å². The molecule has 7 nitrogen and oxygen atoms in total. The molecule has 1 amide bonds. The van der Waals surface area contributed by atoms with Gasteiger partial charge in [0, 0.05) is 38.4 Å². The van der Waals surface area contributed by atoms with Crippen LogP contribution in [0.15, 0.2) is 29.4 Å². The largest absolute Gasteiger partial charge is 0.444 e. The highest BCUT2D eigenvalue weighted by atomic mass is 16.6. The van der Waals surface area contributed by atoms with Crippen molar-refractivity contribution in [1.82, 2.24) is 20.9 Å². The molecule has 0 radical (unpaired) electrons. The number of rotatable bonds is 8. The lowest BCUT2D eigenvalue weighted by molar-refractivity contribution is 0.0448. The van der Waals surface area contributed by atoms with Gasteiger partial charge in [0.05, 0.1) is 5.54 Å². The number of amides is 1. The molecular formula is C20H35N5O2. The standard InChI is InChI=1S/C20H35N5O2/c1-7-20(8-2,25-18(26)27-19(3,4)5)15-24-17(21-6)23-14-12-16-11-9-10-13-22-16/h9-11,13H,7-8,12,14-15H2,1-6H3,(H,25,26)(H2,21,23,24). The Morgan fingerprint density at radius 2 is 1.89 bits per heavy atom. The summed E-state index contributed by atoms with van der Waals surface area (Å²) in [6, 6.07) is 5.89. The van der Waals surface area contributed by atoms with E-state index < -0.39 is 17.2 Å². The molecule has 152 valence electrons. The summed E-state index contributed by atoms with van der Waals surface area (Å²) in [7, 11) is 1.73. The van der Waals surface area contributed by atoms with E-state index in [0.29, 0.717) is 12.5 Å². The minimum absolute atomic E-state index is 0.397. The number of guanidine groups is 1. The van der Waals surface area contributed by atoms with Crippen molar-refractivity contribution in [2.45, 2.75) is 65.0 Å². The van der Waals surface area contributed by atoms with Crippen LogP contribution in [0.25, 0.3) is 0 Å². The van der Waals surface area contributed by atoms with Crippen molar-refractivity contribution < 1.29 is 9.53 Å². The number of ether oxygens (including phenoxy) is 1. The van der Waals surface area contributed by atoms with Crippen LogP contribution < -0.4 is 16.0 Å². The Labute approximate surface area is 163 Å². The van der Waals surface area contributed by atoms with Gasteiger partial charge in [-0.05, 0) is 45.7 Å². The van der Waals surface area contributed by atoms with E-state index in [9.17, 15) is 4.79 Å². The summed E-state index contributed by atoms with van der Waals surface area (Å²) < 4.78 is 5.41. The number of pyridine rings is 1. The lowest BCUT2D eigenvalue weighted by Crippen LogP contribution is -2.57. The molecule has 27 heavy (non-hydrogen) atoms. The Hall–Kier alpha value is -2.31. The SMILES string of the molecule is CCC(CC)(CNC(=NC)NCCc1ccccn1)NC(=O)OC(C)(C)C. The zero-order valence-corrected chi connectivity index (χ0v) is 17.6. The predicted octanol–water partition coefficient (Wildman–Crippen LogP) is 2.87. The molecular weight excluding hydrogens is 342 g/mol. The second-order valence-corrected chi connectivity index (χ2v) is 7.54. The van der Waals surface area contributed by atoms with Crippen molar-refractivity contribution in [3.63, 3.8) is 0 Å². The van der Waals surface area contributed by atoms with Gasteiger partial charge in [-0.15, -0.1) is 0 Å². The fourth-order valence-corrected chi connectivity index (χ4v) is 2.57. The van der Waals surface area contributed by atoms with Gasteiger partial charge in [-0.3, -0.25) is 9.98 Å². The third-order valence-electron chi connectivity index (χ3n) is 4.34. The monoisotopic (exact) mass is 377 g/mol. The van der Waals surface area contributed by atoms with E-state index in [0.717, 1.165) is 31.5 Å². The van der Waals surface area contributed by atoms with Crippen molar-refractivity contribution in [2.24, 2.45) is 4.99 Å². The van der Waals surface area contributed by atoms with E-state index in [-0.39, 0.29) is 0 Å². The van der Waals surface area contributed by atoms with Gasteiger partial charge in [0.1, 0.15) is 5.60 Å². The number of hydrogen-bond acceptors (Lipinski definition) is 4. The smallest absolute Gasteiger partial charge is 0.408 e. The second kappa shape index (κ2) is 10.7. The summed E-state index contributed by atoms with van der Waals surface area (Å²) in [5.74, 6) is 0.697. The number of aliphatic imine (C=N–C) groups is 1. The van der Waals surface area contributed by atoms with Crippen LogP contribution in [0.3, 0.4) is 0 Å². The first-order valence-corrected chi connectivity index (χ1v) is 9.59. The maximum atomic E-state index is 12.2. The average molecular weight is 378 g/mol. The van der Waals surface area contributed by atoms with E-state index in [1.807, 2.05) is 39.0 Å². The van der Waals surface area contributed by atoms with E-state index in [1.54, 1.807) is 13.2 Å². The molecule has 0 aliphatic rings. The molecule has 0 atom stereocenters. The Bertz CT molecular complexity index is 592. The highest BCUT2D eigenvalue weighted by molar-refractivity contribution is 5.79. The van der Waals surface area contributed by atoms with Gasteiger partial charge in [-0.25, -0.2) is 4.79 Å². The van der Waals surface area contributed by atoms with E-state index in [2.05, 4.69) is 39.8 Å². The molecule has 1 aromatic rings. The normalized spacial score (nSPS) is 12.4. The highest BCUT2D eigenvalue weighted by Crippen LogP contribution is 2.16. The molecule has 0 aliphatic heterocycles. The van der Waals surface area contributed by atoms with Crippen molar-refractivity contribution >= 4 is 12.1 Å². The quantitative estimate of drug-likeness (QED) is 0.479. The zero-order valence-electron chi connectivity index (χ0n) is 17.6. The van der Waals surface area contributed by atoms with Gasteiger partial charge in [0.25, 0.3) is 0 Å². The molecule has 1 heterocycles. The summed E-state index contributed by atoms with van der Waals surface area (Å²) in [5.41, 5.74) is 0.109. The first-order valence-electron chi connectivity index (χ1n) is 9.59. The van der Waals surface area contributed by atoms with Crippen LogP contribution in [-0.4, -0.2) is 48.3 Å². The Morgan fingerprint density at radius 3 is 2.41 bits per heavy atom. The molecule has 0 saturated carbocycles. The van der Waals surface area contributed by atoms with Crippen LogP contribution in [0.5, 0.6) is 0 Å². The second-order valence-electron chi connectivity index (χ2n) is 7.54. The molecule has 7 heteroatoms. The summed E-state index contributed by atoms with van der Waals surface area (Å²) in [4.78, 5) is 20.8. The number of carbonyl (C=O) groups is 1. The minimum atomic E-state index is -0.520. The molecule has 0 aliphatic carbocycles. The molecule has 0 spiro atoms. The Kier molecular flexibility index (Phi) is 9.05. The fraction of sp³-hybridized carbons (Fsp3) is 0.650. The minimum Gasteiger partial charge on any atom is -0.444 e. The van der Waals surface area contributed by atoms with Crippen LogP contribution in [0.4, 0.5) is 4.79 Å². The van der Waals surface area contributed by atoms with Crippen molar-refractivity contribution in [2.75, 3.05) is 20.1 Å². The number of carbonyl (C=O) groups excluding carboxylic acids is 1. The van der Waals surface area contributed by atoms with E-state index >= 15 is 0 Å². The highest BCUT2D eigenvalue weighted by Gasteiger charge is 2.30. The van der Waals surface area contributed by atoms with Crippen molar-refractivity contribution in [3.05, 3.63) is 30.1 Å². The first-order chi connectivity index (χ1) is 12.7. The average Bonchev–Trinajstić information content (AvgIpc) is 2.62. The number of alkyl carbamates (subject to hydrolysis) is 1. The van der Waals surface area contributed by atoms with Gasteiger partial charge in [0.15, 0.2) is 5.96 Å². The lowest BCUT2D eigenvalue weighted by atomic mass is 9.93. The summed E-state index contributed by atoms with van der Waals surface area (Å²) in [5, 5.41) is 9.63. The van der Waals surface area contributed by atoms with E-state index in [1.165, 1.54) is 0 Å². The zero-order chi connectivity index (χ0) is 20.3. The number of nitrogens with zero attached hydrogens (tertiary/aromatic N) is 2. The van der Waals surface area contributed by atoms with Crippen LogP contribution >= 0.6 is 0 Å². The molecule has 0 bridgehead atoms. The maximum absolute atomic E-state index is 12.2. The molecule has 0 fully saturated rings. The molecule has 1 rings (SSSR count). The van der Waals surface area contributed by atoms with Crippen LogP contribution in [0.2, 0.25) is 0 Å². The topological polar surface area (TPSA) is 87.6 Å². The number of nitrogens with one attached hydrogen (secondary N) is 3. The predicted molar refractivity (Wildman–Crippen MR) is 110 cm³/mol. The summed E-state index contributed by atoms with van der Waals surface area (Å²) in [6.07, 6.45) is 3.76. The molecule has 0 unspecified atom stereocenters. The molecule has 0 saturated heterocycles. The van der Waals surface area contributed by atoms with Gasteiger partial charge in [-0.2, -0.15) is 0 Å². The van der Waals surface area contributed by atoms with Crippen molar-refractivity contribution in [1.29, 1.82) is 0 Å². The molecule has 1 aromatic heterocycles. The third-order valence-corrected chi connectivity index (χ3v) is 4.34. The molecule has 0 aromatic carbocycles. The van der Waals surface area contributed by atoms with Gasteiger partial charge in [-0.1, -0.05) is 19.9 Å². The van der Waals surface area contributed by atoms with Gasteiger partial charge in [0.2, 0.25) is 0 Å². The maximum Gasteiger partial charge on any atom is 0.408 e. The lowest BCUT2D eigenvalue weighted by Gasteiger charge is -2.34. The first kappa shape index (κ1) is 22.7. The Morgan fingerprint density at radius 1 is 1.19 bits per heavy atom. The fourth-order valence-electron chi connectivity index (χ4n) is 2.57. The van der Waals surface area contributed by atoms with Crippen LogP contribution in [0.1, 0.15) is 53.2 Å². The van der Waals surface area contributed by atoms with Crippen LogP contribution in [-0.2, 0) is 11.2 Å².